The molecule has 0 aromatic carbocycles. The summed E-state index contributed by atoms with van der Waals surface area (Å²) < 4.78 is 0. The van der Waals surface area contributed by atoms with Crippen LogP contribution in [0.15, 0.2) is 0 Å². The van der Waals surface area contributed by atoms with E-state index in [1.165, 1.54) is 18.2 Å². The van der Waals surface area contributed by atoms with E-state index in [0.717, 1.165) is 28.3 Å². The summed E-state index contributed by atoms with van der Waals surface area (Å²) in [6, 6.07) is 0. The van der Waals surface area contributed by atoms with Crippen molar-refractivity contribution in [3.8, 4) is 0 Å². The summed E-state index contributed by atoms with van der Waals surface area (Å²) in [5.74, 6) is 2.32. The maximum atomic E-state index is 3.93. The van der Waals surface area contributed by atoms with Crippen molar-refractivity contribution in [2.45, 2.75) is 17.5 Å². The second kappa shape index (κ2) is 14.4. The predicted molar refractivity (Wildman–Crippen MR) is 72.3 cm³/mol. The van der Waals surface area contributed by atoms with Crippen LogP contribution in [0, 0.1) is 0 Å². The maximum absolute atomic E-state index is 3.93. The Labute approximate surface area is 103 Å². The van der Waals surface area contributed by atoms with Crippen LogP contribution in [0.2, 0.25) is 11.1 Å². The molecule has 0 bridgehead atoms. The SMILES string of the molecule is C[N-]CCN(C)C.[CH3][Al+][CH2]CCN(C)C. The zero-order valence-corrected chi connectivity index (χ0v) is 12.6. The Morgan fingerprint density at radius 1 is 1.00 bits per heavy atom. The van der Waals surface area contributed by atoms with E-state index in [-0.39, 0.29) is 0 Å². The van der Waals surface area contributed by atoms with Crippen LogP contribution in [0.3, 0.4) is 0 Å². The van der Waals surface area contributed by atoms with Crippen molar-refractivity contribution < 1.29 is 0 Å². The summed E-state index contributed by atoms with van der Waals surface area (Å²) in [5.41, 5.74) is 0. The molecule has 0 saturated carbocycles. The zero-order chi connectivity index (χ0) is 12.1. The third-order valence-electron chi connectivity index (χ3n) is 1.87. The number of rotatable bonds is 7. The fraction of sp³-hybridized carbons (Fsp3) is 1.00. The third kappa shape index (κ3) is 25.1. The van der Waals surface area contributed by atoms with Crippen molar-refractivity contribution in [3.05, 3.63) is 5.32 Å². The van der Waals surface area contributed by atoms with Gasteiger partial charge in [-0.1, -0.05) is 0 Å². The number of nitrogens with zero attached hydrogens (tertiary/aromatic N) is 3. The van der Waals surface area contributed by atoms with Gasteiger partial charge < -0.3 is 10.2 Å². The summed E-state index contributed by atoms with van der Waals surface area (Å²) >= 11 is 0.737. The third-order valence-corrected chi connectivity index (χ3v) is 2.85. The van der Waals surface area contributed by atoms with Crippen molar-refractivity contribution >= 4 is 15.2 Å². The molecule has 15 heavy (non-hydrogen) atoms. The second-order valence-corrected chi connectivity index (χ2v) is 5.59. The van der Waals surface area contributed by atoms with Crippen molar-refractivity contribution in [3.63, 3.8) is 0 Å². The first-order valence-electron chi connectivity index (χ1n) is 5.67. The van der Waals surface area contributed by atoms with Gasteiger partial charge >= 0.3 is 58.2 Å². The van der Waals surface area contributed by atoms with Gasteiger partial charge in [-0.05, 0) is 20.6 Å². The minimum absolute atomic E-state index is 0.737. The van der Waals surface area contributed by atoms with Gasteiger partial charge in [0.15, 0.2) is 0 Å². The average Bonchev–Trinajstić information content (AvgIpc) is 2.15. The molecule has 0 unspecified atom stereocenters. The molecule has 0 saturated heterocycles. The van der Waals surface area contributed by atoms with E-state index in [1.54, 1.807) is 0 Å². The summed E-state index contributed by atoms with van der Waals surface area (Å²) in [5, 5.41) is 5.39. The van der Waals surface area contributed by atoms with Crippen LogP contribution in [0.25, 0.3) is 5.32 Å². The van der Waals surface area contributed by atoms with E-state index in [9.17, 15) is 0 Å². The summed E-state index contributed by atoms with van der Waals surface area (Å²) in [7, 11) is 10.2. The van der Waals surface area contributed by atoms with Gasteiger partial charge in [-0.25, -0.2) is 0 Å². The first-order chi connectivity index (χ1) is 7.04. The average molecular weight is 229 g/mol. The second-order valence-electron chi connectivity index (χ2n) is 4.20. The monoisotopic (exact) mass is 229 g/mol. The normalized spacial score (nSPS) is 9.87. The van der Waals surface area contributed by atoms with E-state index in [2.05, 4.69) is 35.0 Å². The summed E-state index contributed by atoms with van der Waals surface area (Å²) in [6.45, 7) is 3.28. The Morgan fingerprint density at radius 2 is 1.53 bits per heavy atom. The Bertz CT molecular complexity index is 108. The molecule has 0 aliphatic carbocycles. The van der Waals surface area contributed by atoms with Crippen molar-refractivity contribution in [2.24, 2.45) is 0 Å². The van der Waals surface area contributed by atoms with Gasteiger partial charge in [-0.2, -0.15) is 7.05 Å². The molecule has 4 heteroatoms. The molecule has 0 atom stereocenters. The van der Waals surface area contributed by atoms with Gasteiger partial charge in [0, 0.05) is 0 Å². The Morgan fingerprint density at radius 3 is 1.80 bits per heavy atom. The standard InChI is InChI=1S/C5H13N2.C5H12N.CH3.Al/c1-6-4-5-7(2)3;1-4-5-6(2)3;;/h4-5H2,1-3H3;1,4-5H2,2-3H3;1H3;/q-1;;;+1. The first kappa shape index (κ1) is 17.8. The fourth-order valence-electron chi connectivity index (χ4n) is 0.912. The summed E-state index contributed by atoms with van der Waals surface area (Å²) in [6.07, 6.45) is 1.39. The molecule has 0 spiro atoms. The Kier molecular flexibility index (Phi) is 17.1. The van der Waals surface area contributed by atoms with Gasteiger partial charge in [-0.3, -0.25) is 0 Å². The van der Waals surface area contributed by atoms with E-state index in [4.69, 9.17) is 0 Å². The van der Waals surface area contributed by atoms with Crippen molar-refractivity contribution in [1.82, 2.24) is 9.80 Å². The number of hydrogen-bond donors (Lipinski definition) is 0. The molecule has 0 N–H and O–H groups in total. The van der Waals surface area contributed by atoms with E-state index in [1.807, 2.05) is 21.1 Å². The molecule has 0 amide bonds. The fourth-order valence-corrected chi connectivity index (χ4v) is 1.50. The molecule has 0 rings (SSSR count). The molecule has 3 nitrogen and oxygen atoms in total. The van der Waals surface area contributed by atoms with Gasteiger partial charge in [0.2, 0.25) is 0 Å². The molecule has 0 radical (unpaired) electrons. The van der Waals surface area contributed by atoms with Crippen LogP contribution in [0.1, 0.15) is 6.42 Å². The summed E-state index contributed by atoms with van der Waals surface area (Å²) in [4.78, 5) is 4.36. The van der Waals surface area contributed by atoms with Crippen molar-refractivity contribution in [1.29, 1.82) is 0 Å². The molecule has 0 heterocycles. The molecule has 90 valence electrons. The van der Waals surface area contributed by atoms with Crippen LogP contribution in [-0.2, 0) is 0 Å². The van der Waals surface area contributed by atoms with Crippen LogP contribution in [0.4, 0.5) is 0 Å². The topological polar surface area (TPSA) is 20.6 Å². The van der Waals surface area contributed by atoms with Crippen LogP contribution >= 0.6 is 0 Å². The zero-order valence-electron chi connectivity index (χ0n) is 11.5. The number of hydrogen-bond acceptors (Lipinski definition) is 2. The Balaban J connectivity index is 0. The van der Waals surface area contributed by atoms with Gasteiger partial charge in [0.05, 0.1) is 0 Å². The van der Waals surface area contributed by atoms with E-state index >= 15 is 0 Å². The van der Waals surface area contributed by atoms with Gasteiger partial charge in [0.25, 0.3) is 0 Å². The van der Waals surface area contributed by atoms with Crippen LogP contribution in [-0.4, -0.2) is 79.9 Å². The minimum atomic E-state index is 0.737. The van der Waals surface area contributed by atoms with Gasteiger partial charge in [0.1, 0.15) is 0 Å². The predicted octanol–water partition coefficient (Wildman–Crippen LogP) is 1.66. The van der Waals surface area contributed by atoms with Crippen LogP contribution in [0.5, 0.6) is 0 Å². The van der Waals surface area contributed by atoms with Crippen LogP contribution < -0.4 is 0 Å². The van der Waals surface area contributed by atoms with E-state index < -0.39 is 0 Å². The molecule has 0 fully saturated rings. The Hall–Kier alpha value is 0.412. The molecular weight excluding hydrogens is 201 g/mol. The van der Waals surface area contributed by atoms with Gasteiger partial charge in [-0.15, -0.1) is 6.54 Å². The first-order valence-corrected chi connectivity index (χ1v) is 7.64. The molecule has 0 aliphatic heterocycles. The number of likely N-dealkylation sites (N-methyl/N-ethyl adjacent to an activating group) is 2. The van der Waals surface area contributed by atoms with E-state index in [0.29, 0.717) is 0 Å². The molecular formula is C11H28AlN3. The van der Waals surface area contributed by atoms with Crippen molar-refractivity contribution in [2.75, 3.05) is 54.9 Å². The molecule has 0 aromatic heterocycles. The molecule has 0 aliphatic rings. The quantitative estimate of drug-likeness (QED) is 0.489. The molecule has 0 aromatic rings.